The van der Waals surface area contributed by atoms with E-state index in [1.165, 1.54) is 18.2 Å². The van der Waals surface area contributed by atoms with Crippen LogP contribution in [0.5, 0.6) is 0 Å². The first-order chi connectivity index (χ1) is 6.25. The lowest BCUT2D eigenvalue weighted by Gasteiger charge is -2.02. The molecule has 0 aliphatic carbocycles. The zero-order valence-corrected chi connectivity index (χ0v) is 8.20. The van der Waals surface area contributed by atoms with Gasteiger partial charge in [0.15, 0.2) is 0 Å². The van der Waals surface area contributed by atoms with Crippen LogP contribution in [0.25, 0.3) is 0 Å². The van der Waals surface area contributed by atoms with Crippen molar-refractivity contribution in [3.63, 3.8) is 0 Å². The second-order valence-electron chi connectivity index (χ2n) is 2.23. The third kappa shape index (κ3) is 3.51. The van der Waals surface area contributed by atoms with Gasteiger partial charge in [-0.25, -0.2) is 8.78 Å². The Hall–Kier alpha value is -0.960. The monoisotopic (exact) mass is 187 g/mol. The molecule has 0 saturated heterocycles. The summed E-state index contributed by atoms with van der Waals surface area (Å²) >= 11 is 0. The van der Waals surface area contributed by atoms with Gasteiger partial charge in [-0.05, 0) is 19.2 Å². The summed E-state index contributed by atoms with van der Waals surface area (Å²) in [5, 5.41) is 2.69. The second kappa shape index (κ2) is 6.54. The van der Waals surface area contributed by atoms with E-state index < -0.39 is 11.6 Å². The summed E-state index contributed by atoms with van der Waals surface area (Å²) in [5.74, 6) is -1.00. The Morgan fingerprint density at radius 1 is 1.15 bits per heavy atom. The predicted molar refractivity (Wildman–Crippen MR) is 50.5 cm³/mol. The minimum atomic E-state index is -0.501. The zero-order chi connectivity index (χ0) is 10.3. The second-order valence-corrected chi connectivity index (χ2v) is 2.23. The number of rotatable bonds is 2. The van der Waals surface area contributed by atoms with E-state index >= 15 is 0 Å². The number of hydrogen-bond acceptors (Lipinski definition) is 1. The normalized spacial score (nSPS) is 9.00. The highest BCUT2D eigenvalue weighted by Crippen LogP contribution is 2.10. The molecule has 0 spiro atoms. The molecule has 0 fully saturated rings. The van der Waals surface area contributed by atoms with E-state index in [9.17, 15) is 8.78 Å². The van der Waals surface area contributed by atoms with Gasteiger partial charge in [0.05, 0.1) is 0 Å². The van der Waals surface area contributed by atoms with Gasteiger partial charge in [0.25, 0.3) is 0 Å². The Kier molecular flexibility index (Phi) is 6.06. The van der Waals surface area contributed by atoms with Gasteiger partial charge in [0, 0.05) is 12.1 Å². The summed E-state index contributed by atoms with van der Waals surface area (Å²) in [7, 11) is 1.64. The lowest BCUT2D eigenvalue weighted by Crippen LogP contribution is -2.08. The maximum atomic E-state index is 12.8. The van der Waals surface area contributed by atoms with E-state index in [0.29, 0.717) is 0 Å². The molecule has 0 radical (unpaired) electrons. The highest BCUT2D eigenvalue weighted by atomic mass is 19.1. The summed E-state index contributed by atoms with van der Waals surface area (Å²) in [5.41, 5.74) is 0.0926. The number of hydrogen-bond donors (Lipinski definition) is 1. The van der Waals surface area contributed by atoms with Crippen LogP contribution >= 0.6 is 0 Å². The van der Waals surface area contributed by atoms with Crippen LogP contribution < -0.4 is 5.32 Å². The Bertz CT molecular complexity index is 228. The lowest BCUT2D eigenvalue weighted by molar-refractivity contribution is 0.546. The first-order valence-corrected chi connectivity index (χ1v) is 4.33. The van der Waals surface area contributed by atoms with Gasteiger partial charge in [-0.2, -0.15) is 0 Å². The molecule has 0 aliphatic rings. The molecule has 1 nitrogen and oxygen atoms in total. The van der Waals surface area contributed by atoms with Crippen LogP contribution in [0.2, 0.25) is 0 Å². The van der Waals surface area contributed by atoms with Gasteiger partial charge >= 0.3 is 0 Å². The van der Waals surface area contributed by atoms with Crippen LogP contribution in [0, 0.1) is 11.6 Å². The Balaban J connectivity index is 0.000000671. The van der Waals surface area contributed by atoms with E-state index in [4.69, 9.17) is 0 Å². The average Bonchev–Trinajstić information content (AvgIpc) is 2.15. The van der Waals surface area contributed by atoms with Crippen LogP contribution in [0.15, 0.2) is 18.2 Å². The quantitative estimate of drug-likeness (QED) is 0.750. The minimum absolute atomic E-state index is 0.0926. The van der Waals surface area contributed by atoms with Crippen LogP contribution in [-0.4, -0.2) is 7.05 Å². The fraction of sp³-hybridized carbons (Fsp3) is 0.400. The van der Waals surface area contributed by atoms with Crippen molar-refractivity contribution in [1.29, 1.82) is 0 Å². The maximum Gasteiger partial charge on any atom is 0.130 e. The fourth-order valence-corrected chi connectivity index (χ4v) is 0.878. The van der Waals surface area contributed by atoms with Crippen LogP contribution in [0.1, 0.15) is 19.4 Å². The molecule has 0 heterocycles. The van der Waals surface area contributed by atoms with Crippen LogP contribution in [-0.2, 0) is 6.54 Å². The van der Waals surface area contributed by atoms with E-state index in [0.717, 1.165) is 0 Å². The summed E-state index contributed by atoms with van der Waals surface area (Å²) in [4.78, 5) is 0. The van der Waals surface area contributed by atoms with Gasteiger partial charge in [0.2, 0.25) is 0 Å². The number of halogens is 2. The molecule has 1 rings (SSSR count). The van der Waals surface area contributed by atoms with Crippen molar-refractivity contribution in [1.82, 2.24) is 5.32 Å². The van der Waals surface area contributed by atoms with Crippen molar-refractivity contribution in [2.75, 3.05) is 7.05 Å². The molecule has 0 unspecified atom stereocenters. The smallest absolute Gasteiger partial charge is 0.130 e. The molecular formula is C10H15F2N. The number of nitrogens with one attached hydrogen (secondary N) is 1. The SMILES string of the molecule is CC.CNCc1c(F)cccc1F. The molecule has 74 valence electrons. The van der Waals surface area contributed by atoms with Crippen molar-refractivity contribution in [2.24, 2.45) is 0 Å². The maximum absolute atomic E-state index is 12.8. The molecule has 3 heteroatoms. The molecular weight excluding hydrogens is 172 g/mol. The number of benzene rings is 1. The molecule has 0 saturated carbocycles. The minimum Gasteiger partial charge on any atom is -0.315 e. The van der Waals surface area contributed by atoms with Crippen molar-refractivity contribution in [2.45, 2.75) is 20.4 Å². The third-order valence-corrected chi connectivity index (χ3v) is 1.42. The third-order valence-electron chi connectivity index (χ3n) is 1.42. The average molecular weight is 187 g/mol. The predicted octanol–water partition coefficient (Wildman–Crippen LogP) is 2.71. The molecule has 0 aliphatic heterocycles. The van der Waals surface area contributed by atoms with Crippen molar-refractivity contribution >= 4 is 0 Å². The van der Waals surface area contributed by atoms with Gasteiger partial charge in [-0.15, -0.1) is 0 Å². The molecule has 0 aromatic heterocycles. The summed E-state index contributed by atoms with van der Waals surface area (Å²) in [6, 6.07) is 3.84. The Morgan fingerprint density at radius 2 is 1.62 bits per heavy atom. The largest absolute Gasteiger partial charge is 0.315 e. The summed E-state index contributed by atoms with van der Waals surface area (Å²) < 4.78 is 25.5. The highest BCUT2D eigenvalue weighted by Gasteiger charge is 2.05. The van der Waals surface area contributed by atoms with E-state index in [-0.39, 0.29) is 12.1 Å². The van der Waals surface area contributed by atoms with Crippen LogP contribution in [0.3, 0.4) is 0 Å². The fourth-order valence-electron chi connectivity index (χ4n) is 0.878. The van der Waals surface area contributed by atoms with Gasteiger partial charge in [-0.1, -0.05) is 19.9 Å². The molecule has 1 aromatic rings. The van der Waals surface area contributed by atoms with Crippen molar-refractivity contribution in [3.05, 3.63) is 35.4 Å². The molecule has 0 atom stereocenters. The summed E-state index contributed by atoms with van der Waals surface area (Å²) in [6.45, 7) is 4.22. The molecule has 1 aromatic carbocycles. The van der Waals surface area contributed by atoms with Crippen molar-refractivity contribution < 1.29 is 8.78 Å². The molecule has 13 heavy (non-hydrogen) atoms. The molecule has 0 amide bonds. The molecule has 1 N–H and O–H groups in total. The van der Waals surface area contributed by atoms with Crippen LogP contribution in [0.4, 0.5) is 8.78 Å². The first kappa shape index (κ1) is 12.0. The Morgan fingerprint density at radius 3 is 2.00 bits per heavy atom. The standard InChI is InChI=1S/C8H9F2N.C2H6/c1-11-5-6-7(9)3-2-4-8(6)10;1-2/h2-4,11H,5H2,1H3;1-2H3. The van der Waals surface area contributed by atoms with Gasteiger partial charge in [0.1, 0.15) is 11.6 Å². The van der Waals surface area contributed by atoms with E-state index in [1.54, 1.807) is 7.05 Å². The van der Waals surface area contributed by atoms with Gasteiger partial charge in [-0.3, -0.25) is 0 Å². The Labute approximate surface area is 77.8 Å². The van der Waals surface area contributed by atoms with E-state index in [1.807, 2.05) is 13.8 Å². The van der Waals surface area contributed by atoms with E-state index in [2.05, 4.69) is 5.32 Å². The first-order valence-electron chi connectivity index (χ1n) is 4.33. The summed E-state index contributed by atoms with van der Waals surface area (Å²) in [6.07, 6.45) is 0. The lowest BCUT2D eigenvalue weighted by atomic mass is 10.2. The zero-order valence-electron chi connectivity index (χ0n) is 8.20. The highest BCUT2D eigenvalue weighted by molar-refractivity contribution is 5.19. The molecule has 0 bridgehead atoms. The topological polar surface area (TPSA) is 12.0 Å². The van der Waals surface area contributed by atoms with Gasteiger partial charge < -0.3 is 5.32 Å². The van der Waals surface area contributed by atoms with Crippen molar-refractivity contribution in [3.8, 4) is 0 Å².